The summed E-state index contributed by atoms with van der Waals surface area (Å²) < 4.78 is 17.8. The van der Waals surface area contributed by atoms with Crippen molar-refractivity contribution in [2.75, 3.05) is 7.11 Å². The topological polar surface area (TPSA) is 48.1 Å². The molecule has 0 spiro atoms. The second-order valence-electron chi connectivity index (χ2n) is 3.69. The Morgan fingerprint density at radius 3 is 2.57 bits per heavy atom. The summed E-state index contributed by atoms with van der Waals surface area (Å²) in [5, 5.41) is 0. The minimum atomic E-state index is -0.509. The molecule has 78 valence electrons. The van der Waals surface area contributed by atoms with Gasteiger partial charge < -0.3 is 10.5 Å². The van der Waals surface area contributed by atoms with E-state index >= 15 is 0 Å². The molecule has 0 aliphatic heterocycles. The second-order valence-corrected chi connectivity index (χ2v) is 3.69. The molecule has 0 bridgehead atoms. The van der Waals surface area contributed by atoms with Crippen molar-refractivity contribution >= 4 is 0 Å². The summed E-state index contributed by atoms with van der Waals surface area (Å²) >= 11 is 0. The second kappa shape index (κ2) is 4.02. The van der Waals surface area contributed by atoms with Gasteiger partial charge in [-0.1, -0.05) is 0 Å². The van der Waals surface area contributed by atoms with Crippen LogP contribution in [0.3, 0.4) is 0 Å². The third-order valence-electron chi connectivity index (χ3n) is 2.34. The van der Waals surface area contributed by atoms with Gasteiger partial charge in [0, 0.05) is 7.11 Å². The molecule has 0 fully saturated rings. The van der Waals surface area contributed by atoms with E-state index in [2.05, 4.69) is 4.98 Å². The van der Waals surface area contributed by atoms with Gasteiger partial charge in [-0.25, -0.2) is 4.39 Å². The van der Waals surface area contributed by atoms with Crippen LogP contribution in [0, 0.1) is 5.82 Å². The highest BCUT2D eigenvalue weighted by Crippen LogP contribution is 2.24. The van der Waals surface area contributed by atoms with E-state index in [4.69, 9.17) is 10.5 Å². The fraction of sp³-hybridized carbons (Fsp3) is 0.500. The first-order valence-corrected chi connectivity index (χ1v) is 4.39. The fourth-order valence-corrected chi connectivity index (χ4v) is 1.05. The molecule has 1 unspecified atom stereocenters. The molecule has 0 amide bonds. The highest BCUT2D eigenvalue weighted by Gasteiger charge is 2.28. The van der Waals surface area contributed by atoms with Crippen LogP contribution in [0.15, 0.2) is 18.3 Å². The fourth-order valence-electron chi connectivity index (χ4n) is 1.05. The molecular formula is C10H15FN2O. The molecule has 0 aromatic carbocycles. The molecule has 1 atom stereocenters. The van der Waals surface area contributed by atoms with Gasteiger partial charge in [-0.2, -0.15) is 0 Å². The van der Waals surface area contributed by atoms with E-state index in [0.717, 1.165) is 6.20 Å². The van der Waals surface area contributed by atoms with E-state index in [1.807, 2.05) is 13.8 Å². The van der Waals surface area contributed by atoms with Crippen LogP contribution < -0.4 is 5.73 Å². The van der Waals surface area contributed by atoms with Gasteiger partial charge in [-0.15, -0.1) is 0 Å². The van der Waals surface area contributed by atoms with Gasteiger partial charge in [0.05, 0.1) is 23.5 Å². The van der Waals surface area contributed by atoms with E-state index < -0.39 is 5.60 Å². The van der Waals surface area contributed by atoms with Crippen LogP contribution in [0.25, 0.3) is 0 Å². The first-order chi connectivity index (χ1) is 6.47. The Bertz CT molecular complexity index is 297. The van der Waals surface area contributed by atoms with Gasteiger partial charge in [0.1, 0.15) is 5.82 Å². The Morgan fingerprint density at radius 1 is 1.50 bits per heavy atom. The van der Waals surface area contributed by atoms with Gasteiger partial charge in [0.2, 0.25) is 0 Å². The Hall–Kier alpha value is -1.00. The Balaban J connectivity index is 2.89. The maximum Gasteiger partial charge on any atom is 0.141 e. The number of nitrogens with zero attached hydrogens (tertiary/aromatic N) is 1. The lowest BCUT2D eigenvalue weighted by Gasteiger charge is -2.29. The number of hydrogen-bond acceptors (Lipinski definition) is 3. The predicted octanol–water partition coefficient (Wildman–Crippen LogP) is 1.65. The number of rotatable bonds is 3. The highest BCUT2D eigenvalue weighted by atomic mass is 19.1. The van der Waals surface area contributed by atoms with Crippen molar-refractivity contribution in [3.8, 4) is 0 Å². The zero-order valence-electron chi connectivity index (χ0n) is 8.62. The maximum absolute atomic E-state index is 12.6. The van der Waals surface area contributed by atoms with Gasteiger partial charge in [-0.3, -0.25) is 4.98 Å². The molecule has 0 saturated carbocycles. The molecule has 0 aliphatic carbocycles. The highest BCUT2D eigenvalue weighted by molar-refractivity contribution is 5.12. The summed E-state index contributed by atoms with van der Waals surface area (Å²) in [6.45, 7) is 3.73. The summed E-state index contributed by atoms with van der Waals surface area (Å²) in [6, 6.07) is 2.54. The van der Waals surface area contributed by atoms with Crippen molar-refractivity contribution < 1.29 is 9.13 Å². The Morgan fingerprint density at radius 2 is 2.14 bits per heavy atom. The summed E-state index contributed by atoms with van der Waals surface area (Å²) in [5.41, 5.74) is 6.04. The van der Waals surface area contributed by atoms with Crippen molar-refractivity contribution in [3.63, 3.8) is 0 Å². The number of aromatic nitrogens is 1. The molecule has 14 heavy (non-hydrogen) atoms. The molecule has 1 heterocycles. The summed E-state index contributed by atoms with van der Waals surface area (Å²) in [7, 11) is 1.59. The minimum absolute atomic E-state index is 0.365. The molecule has 0 saturated heterocycles. The zero-order valence-corrected chi connectivity index (χ0v) is 8.62. The molecule has 4 heteroatoms. The first-order valence-electron chi connectivity index (χ1n) is 4.39. The number of halogens is 1. The van der Waals surface area contributed by atoms with Crippen molar-refractivity contribution in [3.05, 3.63) is 29.8 Å². The molecular weight excluding hydrogens is 183 g/mol. The Labute approximate surface area is 83.1 Å². The zero-order chi connectivity index (χ0) is 10.8. The summed E-state index contributed by atoms with van der Waals surface area (Å²) in [4.78, 5) is 3.91. The largest absolute Gasteiger partial charge is 0.377 e. The molecule has 1 aromatic rings. The predicted molar refractivity (Wildman–Crippen MR) is 52.2 cm³/mol. The number of ether oxygens (including phenoxy) is 1. The number of methoxy groups -OCH3 is 1. The van der Waals surface area contributed by atoms with Gasteiger partial charge in [-0.05, 0) is 26.0 Å². The van der Waals surface area contributed by atoms with Crippen molar-refractivity contribution in [2.24, 2.45) is 5.73 Å². The molecule has 3 nitrogen and oxygen atoms in total. The average Bonchev–Trinajstić information content (AvgIpc) is 2.18. The summed E-state index contributed by atoms with van der Waals surface area (Å²) in [5.74, 6) is -0.365. The van der Waals surface area contributed by atoms with Crippen LogP contribution in [-0.4, -0.2) is 17.7 Å². The van der Waals surface area contributed by atoms with Crippen LogP contribution in [0.2, 0.25) is 0 Å². The lowest BCUT2D eigenvalue weighted by atomic mass is 9.96. The van der Waals surface area contributed by atoms with E-state index in [1.54, 1.807) is 13.2 Å². The lowest BCUT2D eigenvalue weighted by Crippen LogP contribution is -2.37. The van der Waals surface area contributed by atoms with Gasteiger partial charge in [0.15, 0.2) is 0 Å². The third-order valence-corrected chi connectivity index (χ3v) is 2.34. The van der Waals surface area contributed by atoms with Crippen LogP contribution in [0.4, 0.5) is 4.39 Å². The molecule has 2 N–H and O–H groups in total. The molecule has 0 aliphatic rings. The van der Waals surface area contributed by atoms with Gasteiger partial charge >= 0.3 is 0 Å². The average molecular weight is 198 g/mol. The quantitative estimate of drug-likeness (QED) is 0.803. The van der Waals surface area contributed by atoms with Crippen LogP contribution in [0.1, 0.15) is 25.6 Å². The van der Waals surface area contributed by atoms with E-state index in [0.29, 0.717) is 5.69 Å². The smallest absolute Gasteiger partial charge is 0.141 e. The normalized spacial score (nSPS) is 14.1. The first kappa shape index (κ1) is 11.1. The SMILES string of the molecule is COC(C)(C)C(N)c1ccc(F)cn1. The van der Waals surface area contributed by atoms with E-state index in [1.165, 1.54) is 6.07 Å². The van der Waals surface area contributed by atoms with Gasteiger partial charge in [0.25, 0.3) is 0 Å². The van der Waals surface area contributed by atoms with Crippen molar-refractivity contribution in [1.82, 2.24) is 4.98 Å². The number of hydrogen-bond donors (Lipinski definition) is 1. The molecule has 0 radical (unpaired) electrons. The van der Waals surface area contributed by atoms with E-state index in [9.17, 15) is 4.39 Å². The standard InChI is InChI=1S/C10H15FN2O/c1-10(2,14-3)9(12)8-5-4-7(11)6-13-8/h4-6,9H,12H2,1-3H3. The third kappa shape index (κ3) is 2.27. The Kier molecular flexibility index (Phi) is 3.18. The minimum Gasteiger partial charge on any atom is -0.377 e. The number of pyridine rings is 1. The van der Waals surface area contributed by atoms with Crippen LogP contribution >= 0.6 is 0 Å². The summed E-state index contributed by atoms with van der Waals surface area (Å²) in [6.07, 6.45) is 1.15. The van der Waals surface area contributed by atoms with Crippen molar-refractivity contribution in [1.29, 1.82) is 0 Å². The van der Waals surface area contributed by atoms with Crippen LogP contribution in [0.5, 0.6) is 0 Å². The van der Waals surface area contributed by atoms with Crippen LogP contribution in [-0.2, 0) is 4.74 Å². The monoisotopic (exact) mass is 198 g/mol. The molecule has 1 rings (SSSR count). The number of nitrogens with two attached hydrogens (primary N) is 1. The van der Waals surface area contributed by atoms with E-state index in [-0.39, 0.29) is 11.9 Å². The van der Waals surface area contributed by atoms with Crippen molar-refractivity contribution in [2.45, 2.75) is 25.5 Å². The molecule has 1 aromatic heterocycles. The lowest BCUT2D eigenvalue weighted by molar-refractivity contribution is -0.00111. The maximum atomic E-state index is 12.6.